The van der Waals surface area contributed by atoms with Gasteiger partial charge in [0.05, 0.1) is 4.90 Å². The zero-order valence-electron chi connectivity index (χ0n) is 20.0. The van der Waals surface area contributed by atoms with E-state index in [0.29, 0.717) is 11.5 Å². The fourth-order valence-corrected chi connectivity index (χ4v) is 3.90. The molecular weight excluding hydrogens is 468 g/mol. The molecule has 0 aliphatic carbocycles. The van der Waals surface area contributed by atoms with Crippen LogP contribution in [-0.4, -0.2) is 34.0 Å². The van der Waals surface area contributed by atoms with Gasteiger partial charge in [0.2, 0.25) is 0 Å². The van der Waals surface area contributed by atoms with Crippen LogP contribution in [0.5, 0.6) is 11.5 Å². The number of ether oxygens (including phenoxy) is 2. The van der Waals surface area contributed by atoms with E-state index in [1.54, 1.807) is 0 Å². The van der Waals surface area contributed by atoms with Gasteiger partial charge in [0.25, 0.3) is 11.8 Å². The molecule has 0 fully saturated rings. The maximum absolute atomic E-state index is 12.7. The molecule has 0 aliphatic heterocycles. The first-order chi connectivity index (χ1) is 16.6. The van der Waals surface area contributed by atoms with Crippen LogP contribution in [-0.2, 0) is 11.1 Å². The van der Waals surface area contributed by atoms with Gasteiger partial charge in [-0.2, -0.15) is 0 Å². The summed E-state index contributed by atoms with van der Waals surface area (Å²) >= 11 is -2.39. The van der Waals surface area contributed by atoms with Crippen molar-refractivity contribution in [3.05, 3.63) is 88.0 Å². The molecule has 0 aliphatic rings. The van der Waals surface area contributed by atoms with Gasteiger partial charge in [-0.05, 0) is 69.2 Å². The van der Waals surface area contributed by atoms with Gasteiger partial charge in [-0.25, -0.2) is 4.21 Å². The SMILES string of the molecule is Cc1ccc(OCNC(=O)c2cc(C(=O)NCOc3ccc(C)cc3C)cc(S(=O)O)c2)c(C)c1. The molecule has 2 amide bonds. The molecule has 3 N–H and O–H groups in total. The first kappa shape index (κ1) is 25.9. The Kier molecular flexibility index (Phi) is 8.62. The highest BCUT2D eigenvalue weighted by molar-refractivity contribution is 7.79. The van der Waals surface area contributed by atoms with E-state index in [2.05, 4.69) is 10.6 Å². The number of amides is 2. The van der Waals surface area contributed by atoms with Crippen molar-refractivity contribution in [1.29, 1.82) is 0 Å². The van der Waals surface area contributed by atoms with Crippen molar-refractivity contribution in [2.75, 3.05) is 13.5 Å². The highest BCUT2D eigenvalue weighted by atomic mass is 32.2. The van der Waals surface area contributed by atoms with E-state index in [9.17, 15) is 18.4 Å². The third-order valence-corrected chi connectivity index (χ3v) is 5.85. The zero-order valence-corrected chi connectivity index (χ0v) is 20.8. The third-order valence-electron chi connectivity index (χ3n) is 5.21. The average molecular weight is 497 g/mol. The molecule has 3 aromatic carbocycles. The number of nitrogens with one attached hydrogen (secondary N) is 2. The summed E-state index contributed by atoms with van der Waals surface area (Å²) in [4.78, 5) is 25.2. The Morgan fingerprint density at radius 3 is 1.54 bits per heavy atom. The number of rotatable bonds is 9. The van der Waals surface area contributed by atoms with Crippen LogP contribution in [0.3, 0.4) is 0 Å². The van der Waals surface area contributed by atoms with E-state index in [4.69, 9.17) is 9.47 Å². The van der Waals surface area contributed by atoms with Crippen molar-refractivity contribution < 1.29 is 27.8 Å². The van der Waals surface area contributed by atoms with E-state index >= 15 is 0 Å². The van der Waals surface area contributed by atoms with Crippen LogP contribution in [0.15, 0.2) is 59.5 Å². The second kappa shape index (κ2) is 11.6. The zero-order chi connectivity index (χ0) is 25.5. The largest absolute Gasteiger partial charge is 0.473 e. The minimum atomic E-state index is -2.39. The second-order valence-electron chi connectivity index (χ2n) is 8.12. The molecule has 0 saturated carbocycles. The van der Waals surface area contributed by atoms with Crippen molar-refractivity contribution in [1.82, 2.24) is 10.6 Å². The Labute approximate surface area is 206 Å². The topological polar surface area (TPSA) is 114 Å². The quantitative estimate of drug-likeness (QED) is 0.304. The third kappa shape index (κ3) is 7.14. The van der Waals surface area contributed by atoms with Crippen LogP contribution in [0.4, 0.5) is 0 Å². The highest BCUT2D eigenvalue weighted by Crippen LogP contribution is 2.20. The lowest BCUT2D eigenvalue weighted by Gasteiger charge is -2.13. The van der Waals surface area contributed by atoms with Crippen LogP contribution in [0.1, 0.15) is 43.0 Å². The molecule has 0 spiro atoms. The molecule has 35 heavy (non-hydrogen) atoms. The molecule has 1 unspecified atom stereocenters. The summed E-state index contributed by atoms with van der Waals surface area (Å²) in [6, 6.07) is 15.2. The Balaban J connectivity index is 1.65. The van der Waals surface area contributed by atoms with Crippen LogP contribution in [0.2, 0.25) is 0 Å². The summed E-state index contributed by atoms with van der Waals surface area (Å²) < 4.78 is 32.5. The van der Waals surface area contributed by atoms with Gasteiger partial charge in [-0.1, -0.05) is 35.4 Å². The van der Waals surface area contributed by atoms with Gasteiger partial charge < -0.3 is 24.7 Å². The predicted octanol–water partition coefficient (Wildman–Crippen LogP) is 4.03. The molecule has 9 heteroatoms. The summed E-state index contributed by atoms with van der Waals surface area (Å²) in [5.74, 6) is 0.153. The minimum absolute atomic E-state index is 0.0505. The fourth-order valence-electron chi connectivity index (χ4n) is 3.45. The number of benzene rings is 3. The molecule has 0 aromatic heterocycles. The van der Waals surface area contributed by atoms with Crippen molar-refractivity contribution >= 4 is 22.9 Å². The molecule has 0 radical (unpaired) electrons. The molecule has 0 heterocycles. The van der Waals surface area contributed by atoms with Crippen molar-refractivity contribution in [3.8, 4) is 11.5 Å². The molecule has 184 valence electrons. The van der Waals surface area contributed by atoms with Gasteiger partial charge >= 0.3 is 0 Å². The highest BCUT2D eigenvalue weighted by Gasteiger charge is 2.16. The molecule has 1 atom stereocenters. The van der Waals surface area contributed by atoms with Crippen LogP contribution < -0.4 is 20.1 Å². The fraction of sp³-hybridized carbons (Fsp3) is 0.231. The van der Waals surface area contributed by atoms with Crippen LogP contribution >= 0.6 is 0 Å². The molecule has 3 rings (SSSR count). The summed E-state index contributed by atoms with van der Waals surface area (Å²) in [5, 5.41) is 5.20. The standard InChI is InChI=1S/C26H28N2O6S/c1-16-5-7-23(18(3)9-16)33-14-27-25(29)20-11-21(13-22(12-20)35(31)32)26(30)28-15-34-24-8-6-17(2)10-19(24)4/h5-13H,14-15H2,1-4H3,(H,27,29)(H,28,30)(H,31,32). The van der Waals surface area contributed by atoms with Gasteiger partial charge in [0.1, 0.15) is 11.5 Å². The first-order valence-electron chi connectivity index (χ1n) is 10.9. The summed E-state index contributed by atoms with van der Waals surface area (Å²) in [7, 11) is 0. The Morgan fingerprint density at radius 2 is 1.17 bits per heavy atom. The maximum atomic E-state index is 12.7. The number of hydrogen-bond donors (Lipinski definition) is 3. The van der Waals surface area contributed by atoms with Crippen LogP contribution in [0, 0.1) is 27.7 Å². The molecule has 0 bridgehead atoms. The number of carbonyl (C=O) groups is 2. The van der Waals surface area contributed by atoms with Crippen molar-refractivity contribution in [3.63, 3.8) is 0 Å². The Bertz CT molecular complexity index is 1190. The van der Waals surface area contributed by atoms with Gasteiger partial charge in [-0.3, -0.25) is 9.59 Å². The number of aryl methyl sites for hydroxylation is 4. The maximum Gasteiger partial charge on any atom is 0.253 e. The molecule has 3 aromatic rings. The normalized spacial score (nSPS) is 11.5. The summed E-state index contributed by atoms with van der Waals surface area (Å²) in [6.45, 7) is 7.53. The lowest BCUT2D eigenvalue weighted by molar-refractivity contribution is 0.0917. The van der Waals surface area contributed by atoms with Gasteiger partial charge in [0.15, 0.2) is 24.5 Å². The summed E-state index contributed by atoms with van der Waals surface area (Å²) in [5.41, 5.74) is 4.15. The lowest BCUT2D eigenvalue weighted by Crippen LogP contribution is -2.30. The van der Waals surface area contributed by atoms with E-state index in [1.807, 2.05) is 64.1 Å². The van der Waals surface area contributed by atoms with Crippen molar-refractivity contribution in [2.45, 2.75) is 32.6 Å². The Hall–Kier alpha value is -3.69. The second-order valence-corrected chi connectivity index (χ2v) is 9.09. The molecular formula is C26H28N2O6S. The molecule has 8 nitrogen and oxygen atoms in total. The Morgan fingerprint density at radius 1 is 0.743 bits per heavy atom. The average Bonchev–Trinajstić information content (AvgIpc) is 2.81. The lowest BCUT2D eigenvalue weighted by atomic mass is 10.1. The number of hydrogen-bond acceptors (Lipinski definition) is 5. The number of carbonyl (C=O) groups excluding carboxylic acids is 2. The first-order valence-corrected chi connectivity index (χ1v) is 12.0. The van der Waals surface area contributed by atoms with Gasteiger partial charge in [-0.15, -0.1) is 0 Å². The minimum Gasteiger partial charge on any atom is -0.473 e. The molecule has 0 saturated heterocycles. The smallest absolute Gasteiger partial charge is 0.253 e. The van der Waals surface area contributed by atoms with E-state index in [0.717, 1.165) is 22.3 Å². The predicted molar refractivity (Wildman–Crippen MR) is 133 cm³/mol. The summed E-state index contributed by atoms with van der Waals surface area (Å²) in [6.07, 6.45) is 0. The van der Waals surface area contributed by atoms with Crippen molar-refractivity contribution in [2.24, 2.45) is 0 Å². The van der Waals surface area contributed by atoms with E-state index < -0.39 is 22.9 Å². The monoisotopic (exact) mass is 496 g/mol. The van der Waals surface area contributed by atoms with Gasteiger partial charge in [0, 0.05) is 11.1 Å². The van der Waals surface area contributed by atoms with Crippen LogP contribution in [0.25, 0.3) is 0 Å². The van der Waals surface area contributed by atoms with E-state index in [-0.39, 0.29) is 29.5 Å². The van der Waals surface area contributed by atoms with E-state index in [1.165, 1.54) is 18.2 Å².